The van der Waals surface area contributed by atoms with Gasteiger partial charge in [-0.1, -0.05) is 32.3 Å². The summed E-state index contributed by atoms with van der Waals surface area (Å²) in [6.07, 6.45) is 9.69. The molecule has 1 aromatic rings. The summed E-state index contributed by atoms with van der Waals surface area (Å²) in [7, 11) is -0.867. The average Bonchev–Trinajstić information content (AvgIpc) is 2.85. The number of nitrogens with one attached hydrogen (secondary N) is 1. The van der Waals surface area contributed by atoms with E-state index in [4.69, 9.17) is 0 Å². The minimum absolute atomic E-state index is 0.284. The van der Waals surface area contributed by atoms with Crippen molar-refractivity contribution in [1.82, 2.24) is 5.32 Å². The van der Waals surface area contributed by atoms with Crippen LogP contribution in [0.2, 0.25) is 0 Å². The Hall–Kier alpha value is -0.670. The van der Waals surface area contributed by atoms with Crippen molar-refractivity contribution in [2.75, 3.05) is 6.54 Å². The van der Waals surface area contributed by atoms with Crippen LogP contribution in [0.5, 0.6) is 0 Å². The fourth-order valence-corrected chi connectivity index (χ4v) is 5.60. The molecule has 21 heavy (non-hydrogen) atoms. The second-order valence-electron chi connectivity index (χ2n) is 6.42. The van der Waals surface area contributed by atoms with Gasteiger partial charge in [-0.25, -0.2) is 0 Å². The van der Waals surface area contributed by atoms with Crippen LogP contribution in [0.25, 0.3) is 0 Å². The van der Waals surface area contributed by atoms with Crippen molar-refractivity contribution in [2.24, 2.45) is 0 Å². The minimum atomic E-state index is -0.867. The Bertz CT molecular complexity index is 514. The molecule has 0 saturated heterocycles. The summed E-state index contributed by atoms with van der Waals surface area (Å²) in [5, 5.41) is 3.87. The maximum Gasteiger partial charge on any atom is 0.0576 e. The first-order valence-corrected chi connectivity index (χ1v) is 9.76. The lowest BCUT2D eigenvalue weighted by molar-refractivity contribution is 0.474. The van der Waals surface area contributed by atoms with Gasteiger partial charge in [-0.15, -0.1) is 0 Å². The highest BCUT2D eigenvalue weighted by atomic mass is 32.2. The normalized spacial score (nSPS) is 27.1. The molecular weight excluding hydrogens is 278 g/mol. The van der Waals surface area contributed by atoms with E-state index in [1.54, 1.807) is 0 Å². The van der Waals surface area contributed by atoms with E-state index in [2.05, 4.69) is 30.4 Å². The Kier molecular flexibility index (Phi) is 5.12. The van der Waals surface area contributed by atoms with E-state index in [9.17, 15) is 4.21 Å². The van der Waals surface area contributed by atoms with Crippen LogP contribution in [-0.2, 0) is 23.6 Å². The van der Waals surface area contributed by atoms with Crippen LogP contribution < -0.4 is 5.32 Å². The Balaban J connectivity index is 1.81. The summed E-state index contributed by atoms with van der Waals surface area (Å²) in [5.41, 5.74) is 2.91. The van der Waals surface area contributed by atoms with Crippen LogP contribution in [0, 0.1) is 0 Å². The first-order chi connectivity index (χ1) is 10.3. The zero-order chi connectivity index (χ0) is 14.7. The van der Waals surface area contributed by atoms with Crippen LogP contribution in [0.15, 0.2) is 23.1 Å². The van der Waals surface area contributed by atoms with Gasteiger partial charge >= 0.3 is 0 Å². The number of rotatable bonds is 4. The van der Waals surface area contributed by atoms with Gasteiger partial charge in [0.15, 0.2) is 0 Å². The molecule has 1 aromatic carbocycles. The highest BCUT2D eigenvalue weighted by Crippen LogP contribution is 2.29. The molecule has 0 heterocycles. The van der Waals surface area contributed by atoms with Crippen LogP contribution in [-0.4, -0.2) is 22.0 Å². The third-order valence-corrected chi connectivity index (χ3v) is 6.83. The van der Waals surface area contributed by atoms with Crippen molar-refractivity contribution in [3.05, 3.63) is 29.3 Å². The third kappa shape index (κ3) is 3.40. The van der Waals surface area contributed by atoms with Gasteiger partial charge in [0.2, 0.25) is 0 Å². The molecule has 0 amide bonds. The predicted octanol–water partition coefficient (Wildman–Crippen LogP) is 3.59. The van der Waals surface area contributed by atoms with Crippen molar-refractivity contribution in [2.45, 2.75) is 74.5 Å². The molecule has 2 aliphatic carbocycles. The second kappa shape index (κ2) is 7.06. The number of fused-ring (bicyclic) bond motifs is 1. The summed E-state index contributed by atoms with van der Waals surface area (Å²) >= 11 is 0. The lowest BCUT2D eigenvalue weighted by Crippen LogP contribution is -2.41. The summed E-state index contributed by atoms with van der Waals surface area (Å²) < 4.78 is 13.1. The standard InChI is InChI=1S/C18H27NOS/c1-2-19-17-9-4-3-5-10-18(17)21(20)16-12-11-14-7-6-8-15(14)13-16/h11-13,17-19H,2-10H2,1H3. The Morgan fingerprint density at radius 3 is 2.76 bits per heavy atom. The van der Waals surface area contributed by atoms with Crippen molar-refractivity contribution >= 4 is 10.8 Å². The van der Waals surface area contributed by atoms with Crippen molar-refractivity contribution in [3.8, 4) is 0 Å². The molecule has 3 rings (SSSR count). The van der Waals surface area contributed by atoms with Crippen LogP contribution in [0.4, 0.5) is 0 Å². The molecule has 0 spiro atoms. The molecule has 0 aromatic heterocycles. The molecule has 1 N–H and O–H groups in total. The van der Waals surface area contributed by atoms with Crippen molar-refractivity contribution in [1.29, 1.82) is 0 Å². The maximum atomic E-state index is 13.1. The Morgan fingerprint density at radius 1 is 1.10 bits per heavy atom. The highest BCUT2D eigenvalue weighted by molar-refractivity contribution is 7.85. The molecule has 0 radical (unpaired) electrons. The van der Waals surface area contributed by atoms with E-state index >= 15 is 0 Å². The monoisotopic (exact) mass is 305 g/mol. The summed E-state index contributed by atoms with van der Waals surface area (Å²) in [4.78, 5) is 1.06. The quantitative estimate of drug-likeness (QED) is 0.861. The fraction of sp³-hybridized carbons (Fsp3) is 0.667. The van der Waals surface area contributed by atoms with Gasteiger partial charge < -0.3 is 5.32 Å². The average molecular weight is 305 g/mol. The van der Waals surface area contributed by atoms with Crippen LogP contribution in [0.3, 0.4) is 0 Å². The number of hydrogen-bond acceptors (Lipinski definition) is 2. The molecule has 1 fully saturated rings. The third-order valence-electron chi connectivity index (χ3n) is 5.00. The summed E-state index contributed by atoms with van der Waals surface area (Å²) in [6, 6.07) is 6.99. The lowest BCUT2D eigenvalue weighted by atomic mass is 10.1. The predicted molar refractivity (Wildman–Crippen MR) is 89.2 cm³/mol. The first kappa shape index (κ1) is 15.2. The van der Waals surface area contributed by atoms with Crippen LogP contribution >= 0.6 is 0 Å². The molecule has 3 atom stereocenters. The molecule has 2 aliphatic rings. The summed E-state index contributed by atoms with van der Waals surface area (Å²) in [6.45, 7) is 3.13. The Labute approximate surface area is 131 Å². The largest absolute Gasteiger partial charge is 0.313 e. The van der Waals surface area contributed by atoms with Crippen molar-refractivity contribution < 1.29 is 4.21 Å². The number of aryl methyl sites for hydroxylation is 2. The number of benzene rings is 1. The molecule has 3 unspecified atom stereocenters. The number of hydrogen-bond donors (Lipinski definition) is 1. The van der Waals surface area contributed by atoms with E-state index < -0.39 is 10.8 Å². The van der Waals surface area contributed by atoms with Gasteiger partial charge in [0, 0.05) is 10.9 Å². The van der Waals surface area contributed by atoms with Gasteiger partial charge in [0.25, 0.3) is 0 Å². The highest BCUT2D eigenvalue weighted by Gasteiger charge is 2.29. The van der Waals surface area contributed by atoms with E-state index in [0.29, 0.717) is 6.04 Å². The lowest BCUT2D eigenvalue weighted by Gasteiger charge is -2.25. The van der Waals surface area contributed by atoms with Gasteiger partial charge in [-0.2, -0.15) is 0 Å². The molecule has 116 valence electrons. The molecule has 3 heteroatoms. The van der Waals surface area contributed by atoms with E-state index in [-0.39, 0.29) is 5.25 Å². The van der Waals surface area contributed by atoms with E-state index in [0.717, 1.165) is 17.9 Å². The topological polar surface area (TPSA) is 29.1 Å². The van der Waals surface area contributed by atoms with Crippen LogP contribution in [0.1, 0.15) is 56.6 Å². The zero-order valence-corrected chi connectivity index (χ0v) is 13.9. The van der Waals surface area contributed by atoms with Gasteiger partial charge in [-0.3, -0.25) is 4.21 Å². The van der Waals surface area contributed by atoms with Gasteiger partial charge in [0.05, 0.1) is 16.0 Å². The SMILES string of the molecule is CCNC1CCCCCC1S(=O)c1ccc2c(c1)CCC2. The second-order valence-corrected chi connectivity index (χ2v) is 8.09. The van der Waals surface area contributed by atoms with E-state index in [1.165, 1.54) is 56.1 Å². The summed E-state index contributed by atoms with van der Waals surface area (Å²) in [5.74, 6) is 0. The van der Waals surface area contributed by atoms with Crippen molar-refractivity contribution in [3.63, 3.8) is 0 Å². The van der Waals surface area contributed by atoms with E-state index in [1.807, 2.05) is 0 Å². The first-order valence-electron chi connectivity index (χ1n) is 8.55. The minimum Gasteiger partial charge on any atom is -0.313 e. The molecular formula is C18H27NOS. The van der Waals surface area contributed by atoms with Gasteiger partial charge in [0.1, 0.15) is 0 Å². The maximum absolute atomic E-state index is 13.1. The smallest absolute Gasteiger partial charge is 0.0576 e. The molecule has 2 nitrogen and oxygen atoms in total. The molecule has 0 aliphatic heterocycles. The fourth-order valence-electron chi connectivity index (χ4n) is 3.87. The Morgan fingerprint density at radius 2 is 1.90 bits per heavy atom. The molecule has 0 bridgehead atoms. The zero-order valence-electron chi connectivity index (χ0n) is 13.1. The molecule has 1 saturated carbocycles. The van der Waals surface area contributed by atoms with Gasteiger partial charge in [-0.05, 0) is 61.9 Å².